The first-order valence-electron chi connectivity index (χ1n) is 6.96. The summed E-state index contributed by atoms with van der Waals surface area (Å²) in [7, 11) is 0. The summed E-state index contributed by atoms with van der Waals surface area (Å²) < 4.78 is 0. The minimum Gasteiger partial charge on any atom is -0.330 e. The summed E-state index contributed by atoms with van der Waals surface area (Å²) in [6.07, 6.45) is 4.45. The van der Waals surface area contributed by atoms with E-state index in [0.29, 0.717) is 6.54 Å². The number of aryl methyl sites for hydroxylation is 1. The lowest BCUT2D eigenvalue weighted by Crippen LogP contribution is -2.02. The summed E-state index contributed by atoms with van der Waals surface area (Å²) in [6, 6.07) is 12.3. The molecule has 106 valence electrons. The Morgan fingerprint density at radius 3 is 2.57 bits per heavy atom. The van der Waals surface area contributed by atoms with Gasteiger partial charge in [-0.3, -0.25) is 4.98 Å². The summed E-state index contributed by atoms with van der Waals surface area (Å²) in [6.45, 7) is 2.75. The standard InChI is InChI=1S/C17H17N3S/c1-12-4-2-3-5-14(12)17-20-16(15(21-17)6-9-18)13-7-10-19-11-8-13/h2-5,7-8,10-11H,6,9,18H2,1H3. The van der Waals surface area contributed by atoms with Crippen LogP contribution in [0.15, 0.2) is 48.8 Å². The molecule has 2 aromatic heterocycles. The first-order chi connectivity index (χ1) is 10.3. The van der Waals surface area contributed by atoms with Gasteiger partial charge in [0.1, 0.15) is 5.01 Å². The third-order valence-corrected chi connectivity index (χ3v) is 4.55. The second-order valence-electron chi connectivity index (χ2n) is 4.88. The average molecular weight is 295 g/mol. The van der Waals surface area contributed by atoms with Crippen molar-refractivity contribution in [2.75, 3.05) is 6.54 Å². The Morgan fingerprint density at radius 1 is 1.10 bits per heavy atom. The minimum absolute atomic E-state index is 0.632. The quantitative estimate of drug-likeness (QED) is 0.798. The number of nitrogens with two attached hydrogens (primary N) is 1. The van der Waals surface area contributed by atoms with Crippen molar-refractivity contribution in [3.05, 3.63) is 59.2 Å². The fraction of sp³-hybridized carbons (Fsp3) is 0.176. The van der Waals surface area contributed by atoms with Gasteiger partial charge in [0, 0.05) is 28.4 Å². The first kappa shape index (κ1) is 13.9. The predicted molar refractivity (Wildman–Crippen MR) is 88.3 cm³/mol. The monoisotopic (exact) mass is 295 g/mol. The summed E-state index contributed by atoms with van der Waals surface area (Å²) in [5, 5.41) is 1.06. The van der Waals surface area contributed by atoms with Crippen LogP contribution in [0.2, 0.25) is 0 Å². The number of hydrogen-bond acceptors (Lipinski definition) is 4. The van der Waals surface area contributed by atoms with Gasteiger partial charge in [0.15, 0.2) is 0 Å². The van der Waals surface area contributed by atoms with Crippen LogP contribution in [-0.4, -0.2) is 16.5 Å². The molecule has 0 saturated heterocycles. The minimum atomic E-state index is 0.632. The van der Waals surface area contributed by atoms with Crippen molar-refractivity contribution in [1.82, 2.24) is 9.97 Å². The molecule has 1 aromatic carbocycles. The molecule has 0 spiro atoms. The van der Waals surface area contributed by atoms with E-state index in [4.69, 9.17) is 10.7 Å². The van der Waals surface area contributed by atoms with Crippen LogP contribution in [0.1, 0.15) is 10.4 Å². The SMILES string of the molecule is Cc1ccccc1-c1nc(-c2ccncc2)c(CCN)s1. The number of rotatable bonds is 4. The highest BCUT2D eigenvalue weighted by molar-refractivity contribution is 7.15. The van der Waals surface area contributed by atoms with Crippen LogP contribution in [0.25, 0.3) is 21.8 Å². The molecule has 0 aliphatic heterocycles. The molecule has 0 bridgehead atoms. The van der Waals surface area contributed by atoms with Crippen molar-refractivity contribution in [3.63, 3.8) is 0 Å². The van der Waals surface area contributed by atoms with Crippen molar-refractivity contribution in [2.45, 2.75) is 13.3 Å². The van der Waals surface area contributed by atoms with Crippen LogP contribution >= 0.6 is 11.3 Å². The third-order valence-electron chi connectivity index (χ3n) is 3.40. The summed E-state index contributed by atoms with van der Waals surface area (Å²) in [4.78, 5) is 10.2. The molecular weight excluding hydrogens is 278 g/mol. The lowest BCUT2D eigenvalue weighted by molar-refractivity contribution is 0.986. The van der Waals surface area contributed by atoms with E-state index < -0.39 is 0 Å². The number of thiazole rings is 1. The average Bonchev–Trinajstić information content (AvgIpc) is 2.93. The van der Waals surface area contributed by atoms with Gasteiger partial charge in [0.25, 0.3) is 0 Å². The van der Waals surface area contributed by atoms with Crippen molar-refractivity contribution in [3.8, 4) is 21.8 Å². The molecule has 0 aliphatic carbocycles. The molecule has 3 rings (SSSR count). The second kappa shape index (κ2) is 6.16. The normalized spacial score (nSPS) is 10.8. The van der Waals surface area contributed by atoms with Crippen LogP contribution in [0.4, 0.5) is 0 Å². The lowest BCUT2D eigenvalue weighted by Gasteiger charge is -2.00. The second-order valence-corrected chi connectivity index (χ2v) is 5.96. The summed E-state index contributed by atoms with van der Waals surface area (Å²) in [5.74, 6) is 0. The Morgan fingerprint density at radius 2 is 1.86 bits per heavy atom. The van der Waals surface area contributed by atoms with E-state index in [1.54, 1.807) is 23.7 Å². The van der Waals surface area contributed by atoms with Crippen molar-refractivity contribution in [1.29, 1.82) is 0 Å². The van der Waals surface area contributed by atoms with E-state index in [1.165, 1.54) is 16.0 Å². The van der Waals surface area contributed by atoms with E-state index in [2.05, 4.69) is 36.2 Å². The molecule has 0 amide bonds. The topological polar surface area (TPSA) is 51.8 Å². The molecule has 0 radical (unpaired) electrons. The molecule has 0 saturated carbocycles. The summed E-state index contributed by atoms with van der Waals surface area (Å²) >= 11 is 1.73. The molecule has 3 nitrogen and oxygen atoms in total. The maximum atomic E-state index is 5.75. The molecular formula is C17H17N3S. The fourth-order valence-corrected chi connectivity index (χ4v) is 3.51. The van der Waals surface area contributed by atoms with Gasteiger partial charge in [-0.2, -0.15) is 0 Å². The molecule has 0 fully saturated rings. The Balaban J connectivity index is 2.11. The van der Waals surface area contributed by atoms with E-state index in [9.17, 15) is 0 Å². The molecule has 3 aromatic rings. The van der Waals surface area contributed by atoms with E-state index >= 15 is 0 Å². The smallest absolute Gasteiger partial charge is 0.124 e. The van der Waals surface area contributed by atoms with Crippen LogP contribution in [0, 0.1) is 6.92 Å². The molecule has 2 N–H and O–H groups in total. The van der Waals surface area contributed by atoms with E-state index in [1.807, 2.05) is 12.1 Å². The molecule has 0 aliphatic rings. The van der Waals surface area contributed by atoms with Crippen LogP contribution < -0.4 is 5.73 Å². The Labute approximate surface area is 128 Å². The van der Waals surface area contributed by atoms with Gasteiger partial charge in [-0.15, -0.1) is 11.3 Å². The van der Waals surface area contributed by atoms with Crippen LogP contribution in [0.5, 0.6) is 0 Å². The Hall–Kier alpha value is -2.04. The van der Waals surface area contributed by atoms with Crippen molar-refractivity contribution in [2.24, 2.45) is 5.73 Å². The Bertz CT molecular complexity index is 735. The number of benzene rings is 1. The third kappa shape index (κ3) is 2.86. The van der Waals surface area contributed by atoms with Gasteiger partial charge in [-0.1, -0.05) is 24.3 Å². The molecule has 2 heterocycles. The highest BCUT2D eigenvalue weighted by Crippen LogP contribution is 2.35. The first-order valence-corrected chi connectivity index (χ1v) is 7.77. The molecule has 21 heavy (non-hydrogen) atoms. The van der Waals surface area contributed by atoms with Gasteiger partial charge < -0.3 is 5.73 Å². The van der Waals surface area contributed by atoms with Gasteiger partial charge in [0.2, 0.25) is 0 Å². The van der Waals surface area contributed by atoms with Crippen molar-refractivity contribution < 1.29 is 0 Å². The van der Waals surface area contributed by atoms with E-state index in [-0.39, 0.29) is 0 Å². The van der Waals surface area contributed by atoms with Gasteiger partial charge in [-0.25, -0.2) is 4.98 Å². The number of aromatic nitrogens is 2. The number of hydrogen-bond donors (Lipinski definition) is 1. The van der Waals surface area contributed by atoms with Crippen LogP contribution in [-0.2, 0) is 6.42 Å². The highest BCUT2D eigenvalue weighted by Gasteiger charge is 2.14. The molecule has 4 heteroatoms. The largest absolute Gasteiger partial charge is 0.330 e. The van der Waals surface area contributed by atoms with Gasteiger partial charge in [-0.05, 0) is 37.6 Å². The fourth-order valence-electron chi connectivity index (χ4n) is 2.32. The zero-order valence-corrected chi connectivity index (χ0v) is 12.7. The Kier molecular flexibility index (Phi) is 4.08. The van der Waals surface area contributed by atoms with Crippen LogP contribution in [0.3, 0.4) is 0 Å². The highest BCUT2D eigenvalue weighted by atomic mass is 32.1. The lowest BCUT2D eigenvalue weighted by atomic mass is 10.1. The van der Waals surface area contributed by atoms with Crippen molar-refractivity contribution >= 4 is 11.3 Å². The number of nitrogens with zero attached hydrogens (tertiary/aromatic N) is 2. The summed E-state index contributed by atoms with van der Waals surface area (Å²) in [5.41, 5.74) is 10.3. The maximum absolute atomic E-state index is 5.75. The van der Waals surface area contributed by atoms with Gasteiger partial charge >= 0.3 is 0 Å². The molecule has 0 unspecified atom stereocenters. The number of pyridine rings is 1. The zero-order valence-electron chi connectivity index (χ0n) is 11.9. The molecule has 0 atom stereocenters. The predicted octanol–water partition coefficient (Wildman–Crippen LogP) is 3.68. The van der Waals surface area contributed by atoms with Gasteiger partial charge in [0.05, 0.1) is 5.69 Å². The van der Waals surface area contributed by atoms with E-state index in [0.717, 1.165) is 22.7 Å². The maximum Gasteiger partial charge on any atom is 0.124 e. The zero-order chi connectivity index (χ0) is 14.7.